The van der Waals surface area contributed by atoms with Crippen molar-refractivity contribution >= 4 is 6.41 Å². The average Bonchev–Trinajstić information content (AvgIpc) is 1.61. The van der Waals surface area contributed by atoms with Crippen molar-refractivity contribution < 1.29 is 9.53 Å². The van der Waals surface area contributed by atoms with E-state index in [-0.39, 0.29) is 6.73 Å². The highest BCUT2D eigenvalue weighted by atomic mass is 16.5. The summed E-state index contributed by atoms with van der Waals surface area (Å²) < 4.78 is 4.41. The molecule has 0 aromatic carbocycles. The summed E-state index contributed by atoms with van der Waals surface area (Å²) in [4.78, 5) is 9.25. The summed E-state index contributed by atoms with van der Waals surface area (Å²) in [7, 11) is 1.49. The van der Waals surface area contributed by atoms with E-state index in [9.17, 15) is 4.79 Å². The van der Waals surface area contributed by atoms with E-state index >= 15 is 0 Å². The molecule has 0 saturated heterocycles. The van der Waals surface area contributed by atoms with Gasteiger partial charge in [0.05, 0.1) is 0 Å². The Hall–Kier alpha value is -0.570. The van der Waals surface area contributed by atoms with Gasteiger partial charge in [-0.3, -0.25) is 4.79 Å². The van der Waals surface area contributed by atoms with Gasteiger partial charge in [-0.15, -0.1) is 0 Å². The molecule has 0 unspecified atom stereocenters. The van der Waals surface area contributed by atoms with E-state index in [0.29, 0.717) is 0 Å². The Morgan fingerprint density at radius 3 is 2.83 bits per heavy atom. The number of amides is 1. The van der Waals surface area contributed by atoms with E-state index in [4.69, 9.17) is 0 Å². The number of hydrogen-bond acceptors (Lipinski definition) is 2. The van der Waals surface area contributed by atoms with Gasteiger partial charge in [-0.1, -0.05) is 0 Å². The Bertz CT molecular complexity index is 37.8. The number of ether oxygens (including phenoxy) is 1. The molecule has 35 valence electrons. The van der Waals surface area contributed by atoms with Crippen molar-refractivity contribution in [2.75, 3.05) is 13.8 Å². The quantitative estimate of drug-likeness (QED) is 0.280. The standard InChI is InChI=1S/C3H6NO2/c1-6-3-4-2-5/h3H2,1H3,(H,4,5). The van der Waals surface area contributed by atoms with E-state index in [0.717, 1.165) is 0 Å². The predicted octanol–water partition coefficient (Wildman–Crippen LogP) is -0.753. The van der Waals surface area contributed by atoms with Crippen molar-refractivity contribution in [3.05, 3.63) is 0 Å². The van der Waals surface area contributed by atoms with Crippen LogP contribution in [-0.4, -0.2) is 20.3 Å². The summed E-state index contributed by atoms with van der Waals surface area (Å²) in [5.41, 5.74) is 0. The number of rotatable bonds is 3. The van der Waals surface area contributed by atoms with Crippen molar-refractivity contribution in [1.29, 1.82) is 0 Å². The van der Waals surface area contributed by atoms with Crippen LogP contribution >= 0.6 is 0 Å². The van der Waals surface area contributed by atoms with Crippen LogP contribution in [0.2, 0.25) is 0 Å². The van der Waals surface area contributed by atoms with E-state index < -0.39 is 0 Å². The Kier molecular flexibility index (Phi) is 4.01. The fraction of sp³-hybridized carbons (Fsp3) is 0.667. The first-order chi connectivity index (χ1) is 2.91. The van der Waals surface area contributed by atoms with E-state index in [1.165, 1.54) is 13.5 Å². The number of nitrogens with one attached hydrogen (secondary N) is 1. The molecule has 3 heteroatoms. The Balaban J connectivity index is 2.49. The van der Waals surface area contributed by atoms with E-state index in [1.54, 1.807) is 0 Å². The molecular weight excluding hydrogens is 82.0 g/mol. The van der Waals surface area contributed by atoms with Crippen LogP contribution in [0.1, 0.15) is 0 Å². The molecule has 0 aliphatic carbocycles. The maximum Gasteiger partial charge on any atom is 0.311 e. The second-order valence-electron chi connectivity index (χ2n) is 0.712. The highest BCUT2D eigenvalue weighted by molar-refractivity contribution is 5.46. The van der Waals surface area contributed by atoms with Gasteiger partial charge in [0, 0.05) is 7.11 Å². The van der Waals surface area contributed by atoms with Gasteiger partial charge < -0.3 is 10.1 Å². The molecule has 0 spiro atoms. The maximum atomic E-state index is 9.25. The zero-order chi connectivity index (χ0) is 4.83. The number of hydrogen-bond donors (Lipinski definition) is 1. The van der Waals surface area contributed by atoms with Crippen LogP contribution in [0.3, 0.4) is 0 Å². The molecule has 0 aliphatic heterocycles. The van der Waals surface area contributed by atoms with Crippen LogP contribution in [0.4, 0.5) is 0 Å². The lowest BCUT2D eigenvalue weighted by atomic mass is 11.1. The normalized spacial score (nSPS) is 7.50. The summed E-state index contributed by atoms with van der Waals surface area (Å²) in [5.74, 6) is 0. The van der Waals surface area contributed by atoms with Crippen molar-refractivity contribution in [2.45, 2.75) is 0 Å². The average molecular weight is 88.1 g/mol. The fourth-order valence-corrected chi connectivity index (χ4v) is 0.102. The molecule has 0 heterocycles. The summed E-state index contributed by atoms with van der Waals surface area (Å²) in [5, 5.41) is 2.17. The highest BCUT2D eigenvalue weighted by Gasteiger charge is 1.69. The van der Waals surface area contributed by atoms with Crippen LogP contribution < -0.4 is 5.32 Å². The molecule has 1 amide bonds. The zero-order valence-corrected chi connectivity index (χ0v) is 3.52. The number of carbonyl (C=O) groups excluding carboxylic acids is 1. The monoisotopic (exact) mass is 88.0 g/mol. The molecular formula is C3H6NO2. The van der Waals surface area contributed by atoms with Crippen molar-refractivity contribution in [3.63, 3.8) is 0 Å². The first-order valence-corrected chi connectivity index (χ1v) is 1.50. The second kappa shape index (κ2) is 4.43. The molecule has 0 aromatic heterocycles. The Labute approximate surface area is 36.3 Å². The molecule has 3 nitrogen and oxygen atoms in total. The van der Waals surface area contributed by atoms with Crippen LogP contribution in [0, 0.1) is 0 Å². The van der Waals surface area contributed by atoms with Gasteiger partial charge in [0.15, 0.2) is 0 Å². The lowest BCUT2D eigenvalue weighted by Gasteiger charge is -1.87. The van der Waals surface area contributed by atoms with Gasteiger partial charge in [0.25, 0.3) is 0 Å². The van der Waals surface area contributed by atoms with Gasteiger partial charge >= 0.3 is 6.41 Å². The first kappa shape index (κ1) is 5.43. The van der Waals surface area contributed by atoms with Crippen LogP contribution in [0.25, 0.3) is 0 Å². The van der Waals surface area contributed by atoms with Gasteiger partial charge in [0.2, 0.25) is 0 Å². The molecule has 0 saturated carbocycles. The van der Waals surface area contributed by atoms with Crippen molar-refractivity contribution in [3.8, 4) is 0 Å². The SMILES string of the molecule is COCN[C]=O. The topological polar surface area (TPSA) is 38.3 Å². The minimum absolute atomic E-state index is 0.240. The van der Waals surface area contributed by atoms with Gasteiger partial charge in [-0.2, -0.15) is 0 Å². The van der Waals surface area contributed by atoms with Crippen molar-refractivity contribution in [1.82, 2.24) is 5.32 Å². The highest BCUT2D eigenvalue weighted by Crippen LogP contribution is 1.49. The third-order valence-corrected chi connectivity index (χ3v) is 0.289. The predicted molar refractivity (Wildman–Crippen MR) is 20.7 cm³/mol. The van der Waals surface area contributed by atoms with Crippen molar-refractivity contribution in [2.24, 2.45) is 0 Å². The molecule has 1 radical (unpaired) electrons. The Morgan fingerprint density at radius 2 is 2.67 bits per heavy atom. The van der Waals surface area contributed by atoms with Gasteiger partial charge in [-0.05, 0) is 0 Å². The summed E-state index contributed by atoms with van der Waals surface area (Å²) in [6, 6.07) is 0. The lowest BCUT2D eigenvalue weighted by Crippen LogP contribution is -2.12. The third-order valence-electron chi connectivity index (χ3n) is 0.289. The molecule has 0 fully saturated rings. The lowest BCUT2D eigenvalue weighted by molar-refractivity contribution is 0.191. The van der Waals surface area contributed by atoms with Gasteiger partial charge in [-0.25, -0.2) is 0 Å². The molecule has 6 heavy (non-hydrogen) atoms. The van der Waals surface area contributed by atoms with E-state index in [1.807, 2.05) is 0 Å². The van der Waals surface area contributed by atoms with E-state index in [2.05, 4.69) is 10.1 Å². The van der Waals surface area contributed by atoms with Crippen LogP contribution in [-0.2, 0) is 9.53 Å². The maximum absolute atomic E-state index is 9.25. The molecule has 1 N–H and O–H groups in total. The molecule has 0 aromatic rings. The zero-order valence-electron chi connectivity index (χ0n) is 3.52. The number of methoxy groups -OCH3 is 1. The Morgan fingerprint density at radius 1 is 2.00 bits per heavy atom. The molecule has 0 bridgehead atoms. The summed E-state index contributed by atoms with van der Waals surface area (Å²) in [6.45, 7) is 0.240. The van der Waals surface area contributed by atoms with Crippen LogP contribution in [0.15, 0.2) is 0 Å². The van der Waals surface area contributed by atoms with Gasteiger partial charge in [0.1, 0.15) is 6.73 Å². The fourth-order valence-electron chi connectivity index (χ4n) is 0.102. The smallest absolute Gasteiger partial charge is 0.311 e. The third kappa shape index (κ3) is 3.43. The second-order valence-corrected chi connectivity index (χ2v) is 0.712. The van der Waals surface area contributed by atoms with Crippen LogP contribution in [0.5, 0.6) is 0 Å². The first-order valence-electron chi connectivity index (χ1n) is 1.50. The minimum atomic E-state index is 0.240. The molecule has 0 aliphatic rings. The largest absolute Gasteiger partial charge is 0.364 e. The molecule has 0 rings (SSSR count). The molecule has 0 atom stereocenters. The summed E-state index contributed by atoms with van der Waals surface area (Å²) in [6.07, 6.45) is 1.44. The minimum Gasteiger partial charge on any atom is -0.364 e. The summed E-state index contributed by atoms with van der Waals surface area (Å²) >= 11 is 0.